The average molecular weight is 353 g/mol. The highest BCUT2D eigenvalue weighted by atomic mass is 35.5. The molecule has 3 N–H and O–H groups in total. The molecule has 23 heavy (non-hydrogen) atoms. The average Bonchev–Trinajstić information content (AvgIpc) is 2.93. The summed E-state index contributed by atoms with van der Waals surface area (Å²) in [6.45, 7) is 6.32. The molecule has 1 aromatic carbocycles. The molecule has 1 saturated heterocycles. The second-order valence-corrected chi connectivity index (χ2v) is 7.96. The number of rotatable bonds is 5. The van der Waals surface area contributed by atoms with Crippen LogP contribution >= 0.6 is 23.4 Å². The summed E-state index contributed by atoms with van der Waals surface area (Å²) in [5.74, 6) is 0. The molecule has 1 aliphatic rings. The number of hydrogen-bond donors (Lipinski definition) is 2. The van der Waals surface area contributed by atoms with Gasteiger partial charge in [-0.05, 0) is 37.8 Å². The molecule has 2 heterocycles. The zero-order valence-electron chi connectivity index (χ0n) is 13.8. The number of benzene rings is 1. The van der Waals surface area contributed by atoms with Crippen molar-refractivity contribution in [2.75, 3.05) is 18.0 Å². The Hall–Kier alpha value is -0.910. The van der Waals surface area contributed by atoms with E-state index in [1.807, 2.05) is 17.8 Å². The second kappa shape index (κ2) is 7.32. The summed E-state index contributed by atoms with van der Waals surface area (Å²) in [6, 6.07) is 4.33. The van der Waals surface area contributed by atoms with Crippen LogP contribution in [0.15, 0.2) is 17.3 Å². The molecule has 1 aromatic heterocycles. The van der Waals surface area contributed by atoms with Crippen LogP contribution < -0.4 is 10.6 Å². The Bertz CT molecular complexity index is 668. The Morgan fingerprint density at radius 3 is 2.91 bits per heavy atom. The topological polar surface area (TPSA) is 57.9 Å². The van der Waals surface area contributed by atoms with E-state index in [1.54, 1.807) is 0 Å². The fourth-order valence-electron chi connectivity index (χ4n) is 3.14. The van der Waals surface area contributed by atoms with Gasteiger partial charge in [0.05, 0.1) is 21.7 Å². The van der Waals surface area contributed by atoms with Gasteiger partial charge in [-0.15, -0.1) is 0 Å². The number of aromatic nitrogens is 2. The third-order valence-electron chi connectivity index (χ3n) is 4.52. The van der Waals surface area contributed by atoms with Crippen molar-refractivity contribution in [3.05, 3.63) is 17.2 Å². The zero-order chi connectivity index (χ0) is 16.4. The number of hydrogen-bond acceptors (Lipinski definition) is 4. The van der Waals surface area contributed by atoms with E-state index in [0.29, 0.717) is 5.25 Å². The number of nitrogens with one attached hydrogen (secondary N) is 1. The maximum absolute atomic E-state index is 6.52. The number of fused-ring (bicyclic) bond motifs is 1. The van der Waals surface area contributed by atoms with E-state index in [-0.39, 0.29) is 6.04 Å². The molecule has 0 amide bonds. The van der Waals surface area contributed by atoms with Crippen LogP contribution in [-0.4, -0.2) is 34.3 Å². The summed E-state index contributed by atoms with van der Waals surface area (Å²) in [4.78, 5) is 10.4. The molecule has 0 bridgehead atoms. The van der Waals surface area contributed by atoms with Crippen LogP contribution in [0.4, 0.5) is 5.69 Å². The first-order valence-corrected chi connectivity index (χ1v) is 9.72. The normalized spacial score (nSPS) is 19.0. The Kier molecular flexibility index (Phi) is 5.39. The maximum Gasteiger partial charge on any atom is 0.166 e. The number of nitrogens with two attached hydrogens (primary N) is 1. The lowest BCUT2D eigenvalue weighted by molar-refractivity contribution is 0.506. The van der Waals surface area contributed by atoms with Crippen LogP contribution in [0.1, 0.15) is 39.5 Å². The molecule has 6 heteroatoms. The zero-order valence-corrected chi connectivity index (χ0v) is 15.4. The minimum Gasteiger partial charge on any atom is -0.369 e. The van der Waals surface area contributed by atoms with Gasteiger partial charge in [0, 0.05) is 24.4 Å². The van der Waals surface area contributed by atoms with Crippen LogP contribution in [-0.2, 0) is 0 Å². The van der Waals surface area contributed by atoms with Crippen molar-refractivity contribution in [2.24, 2.45) is 5.73 Å². The quantitative estimate of drug-likeness (QED) is 0.782. The molecule has 0 aliphatic carbocycles. The van der Waals surface area contributed by atoms with Crippen molar-refractivity contribution in [3.8, 4) is 0 Å². The van der Waals surface area contributed by atoms with Gasteiger partial charge >= 0.3 is 0 Å². The fraction of sp³-hybridized carbons (Fsp3) is 0.588. The first-order chi connectivity index (χ1) is 11.1. The number of anilines is 1. The van der Waals surface area contributed by atoms with E-state index in [1.165, 1.54) is 0 Å². The van der Waals surface area contributed by atoms with Crippen LogP contribution in [0.3, 0.4) is 0 Å². The Morgan fingerprint density at radius 1 is 1.43 bits per heavy atom. The van der Waals surface area contributed by atoms with Crippen LogP contribution in [0, 0.1) is 0 Å². The summed E-state index contributed by atoms with van der Waals surface area (Å²) in [7, 11) is 0. The van der Waals surface area contributed by atoms with Crippen molar-refractivity contribution in [2.45, 2.75) is 56.0 Å². The Balaban J connectivity index is 1.88. The van der Waals surface area contributed by atoms with Crippen molar-refractivity contribution in [1.29, 1.82) is 0 Å². The maximum atomic E-state index is 6.52. The molecule has 1 fully saturated rings. The highest BCUT2D eigenvalue weighted by Gasteiger charge is 2.20. The first kappa shape index (κ1) is 16.9. The lowest BCUT2D eigenvalue weighted by atomic mass is 10.1. The molecule has 1 aliphatic heterocycles. The highest BCUT2D eigenvalue weighted by Crippen LogP contribution is 2.34. The van der Waals surface area contributed by atoms with Gasteiger partial charge in [-0.3, -0.25) is 0 Å². The fourth-order valence-corrected chi connectivity index (χ4v) is 4.39. The van der Waals surface area contributed by atoms with Gasteiger partial charge in [0.15, 0.2) is 5.16 Å². The van der Waals surface area contributed by atoms with Gasteiger partial charge in [-0.1, -0.05) is 37.2 Å². The van der Waals surface area contributed by atoms with Gasteiger partial charge < -0.3 is 15.6 Å². The number of H-pyrrole nitrogens is 1. The molecule has 4 nitrogen and oxygen atoms in total. The van der Waals surface area contributed by atoms with E-state index in [0.717, 1.165) is 65.7 Å². The molecule has 2 aromatic rings. The number of halogens is 1. The van der Waals surface area contributed by atoms with E-state index < -0.39 is 0 Å². The molecular weight excluding hydrogens is 328 g/mol. The molecule has 0 saturated carbocycles. The first-order valence-electron chi connectivity index (χ1n) is 8.47. The predicted molar refractivity (Wildman–Crippen MR) is 101 cm³/mol. The largest absolute Gasteiger partial charge is 0.369 e. The Morgan fingerprint density at radius 2 is 2.22 bits per heavy atom. The SMILES string of the molecule is CCC(CC)Sc1nc2cc(N3CCCC(N)C3)c(Cl)cc2[nH]1. The van der Waals surface area contributed by atoms with Gasteiger partial charge in [-0.2, -0.15) is 0 Å². The number of piperidine rings is 1. The molecule has 0 radical (unpaired) electrons. The van der Waals surface area contributed by atoms with Crippen molar-refractivity contribution in [3.63, 3.8) is 0 Å². The van der Waals surface area contributed by atoms with Crippen LogP contribution in [0.5, 0.6) is 0 Å². The number of thioether (sulfide) groups is 1. The number of aromatic amines is 1. The molecule has 1 unspecified atom stereocenters. The van der Waals surface area contributed by atoms with Crippen molar-refractivity contribution in [1.82, 2.24) is 9.97 Å². The summed E-state index contributed by atoms with van der Waals surface area (Å²) in [6.07, 6.45) is 4.51. The van der Waals surface area contributed by atoms with E-state index in [4.69, 9.17) is 22.3 Å². The van der Waals surface area contributed by atoms with E-state index in [2.05, 4.69) is 29.8 Å². The van der Waals surface area contributed by atoms with Crippen LogP contribution in [0.2, 0.25) is 5.02 Å². The smallest absolute Gasteiger partial charge is 0.166 e. The molecule has 1 atom stereocenters. The summed E-state index contributed by atoms with van der Waals surface area (Å²) < 4.78 is 0. The second-order valence-electron chi connectivity index (χ2n) is 6.27. The van der Waals surface area contributed by atoms with Gasteiger partial charge in [-0.25, -0.2) is 4.98 Å². The monoisotopic (exact) mass is 352 g/mol. The predicted octanol–water partition coefficient (Wildman–Crippen LogP) is 4.42. The lowest BCUT2D eigenvalue weighted by Gasteiger charge is -2.33. The van der Waals surface area contributed by atoms with Gasteiger partial charge in [0.1, 0.15) is 0 Å². The van der Waals surface area contributed by atoms with E-state index in [9.17, 15) is 0 Å². The van der Waals surface area contributed by atoms with E-state index >= 15 is 0 Å². The molecular formula is C17H25ClN4S. The van der Waals surface area contributed by atoms with Crippen LogP contribution in [0.25, 0.3) is 11.0 Å². The summed E-state index contributed by atoms with van der Waals surface area (Å²) >= 11 is 8.34. The third-order valence-corrected chi connectivity index (χ3v) is 6.24. The minimum absolute atomic E-state index is 0.232. The van der Waals surface area contributed by atoms with Crippen molar-refractivity contribution >= 4 is 40.1 Å². The molecule has 126 valence electrons. The summed E-state index contributed by atoms with van der Waals surface area (Å²) in [5, 5.41) is 2.36. The summed E-state index contributed by atoms with van der Waals surface area (Å²) in [5.41, 5.74) is 9.15. The highest BCUT2D eigenvalue weighted by molar-refractivity contribution is 7.99. The number of nitrogens with zero attached hydrogens (tertiary/aromatic N) is 2. The van der Waals surface area contributed by atoms with Gasteiger partial charge in [0.25, 0.3) is 0 Å². The lowest BCUT2D eigenvalue weighted by Crippen LogP contribution is -2.42. The molecule has 0 spiro atoms. The molecule has 3 rings (SSSR count). The standard InChI is InChI=1S/C17H25ClN4S/c1-3-12(4-2)23-17-20-14-8-13(18)16(9-15(14)21-17)22-7-5-6-11(19)10-22/h8-9,11-12H,3-7,10,19H2,1-2H3,(H,20,21). The minimum atomic E-state index is 0.232. The Labute approximate surface area is 147 Å². The van der Waals surface area contributed by atoms with Gasteiger partial charge in [0.2, 0.25) is 0 Å². The van der Waals surface area contributed by atoms with Crippen molar-refractivity contribution < 1.29 is 0 Å². The third kappa shape index (κ3) is 3.78. The number of imidazole rings is 1.